The lowest BCUT2D eigenvalue weighted by molar-refractivity contribution is -0.170. The van der Waals surface area contributed by atoms with Crippen LogP contribution in [0.15, 0.2) is 59.2 Å². The number of rotatable bonds is 27. The fourth-order valence-electron chi connectivity index (χ4n) is 8.81. The van der Waals surface area contributed by atoms with E-state index in [0.29, 0.717) is 19.4 Å². The number of para-hydroxylation sites is 1. The summed E-state index contributed by atoms with van der Waals surface area (Å²) in [4.78, 5) is 87.6. The number of esters is 1. The van der Waals surface area contributed by atoms with Crippen LogP contribution in [0.5, 0.6) is 0 Å². The van der Waals surface area contributed by atoms with Crippen LogP contribution in [0.3, 0.4) is 0 Å². The molecule has 3 aromatic rings. The quantitative estimate of drug-likeness (QED) is 0.0409. The highest BCUT2D eigenvalue weighted by Crippen LogP contribution is 2.27. The number of hydrogen-bond donors (Lipinski definition) is 5. The number of nitrogens with two attached hydrogens (primary N) is 1. The first-order valence-electron chi connectivity index (χ1n) is 25.0. The van der Waals surface area contributed by atoms with Gasteiger partial charge in [0.1, 0.15) is 30.4 Å². The predicted molar refractivity (Wildman–Crippen MR) is 282 cm³/mol. The number of ether oxygens (including phenoxy) is 1. The Bertz CT molecular complexity index is 2340. The molecule has 8 atom stereocenters. The summed E-state index contributed by atoms with van der Waals surface area (Å²) >= 11 is 3.51. The van der Waals surface area contributed by atoms with Crippen LogP contribution in [-0.4, -0.2) is 135 Å². The third kappa shape index (κ3) is 18.0. The molecule has 18 heteroatoms. The van der Waals surface area contributed by atoms with Gasteiger partial charge in [-0.15, -0.1) is 0 Å². The molecule has 0 spiro atoms. The van der Waals surface area contributed by atoms with Crippen LogP contribution in [0.25, 0.3) is 10.9 Å². The van der Waals surface area contributed by atoms with Crippen molar-refractivity contribution in [2.75, 3.05) is 21.1 Å². The zero-order valence-corrected chi connectivity index (χ0v) is 46.2. The molecule has 0 bridgehead atoms. The highest BCUT2D eigenvalue weighted by Gasteiger charge is 2.40. The number of hydrogen-bond acceptors (Lipinski definition) is 11. The topological polar surface area (TPSA) is 241 Å². The lowest BCUT2D eigenvalue weighted by Gasteiger charge is -2.37. The van der Waals surface area contributed by atoms with Crippen LogP contribution in [0, 0.1) is 34.5 Å². The van der Waals surface area contributed by atoms with E-state index in [1.165, 1.54) is 35.7 Å². The summed E-state index contributed by atoms with van der Waals surface area (Å²) in [5, 5.41) is 37.5. The lowest BCUT2D eigenvalue weighted by Crippen LogP contribution is -2.61. The first-order chi connectivity index (χ1) is 33.6. The molecule has 3 unspecified atom stereocenters. The minimum absolute atomic E-state index is 0.00590. The van der Waals surface area contributed by atoms with E-state index in [2.05, 4.69) is 31.1 Å². The smallest absolute Gasteiger partial charge is 0.345 e. The van der Waals surface area contributed by atoms with Crippen LogP contribution in [0.4, 0.5) is 0 Å². The molecule has 1 aromatic heterocycles. The van der Waals surface area contributed by atoms with E-state index < -0.39 is 78.2 Å². The summed E-state index contributed by atoms with van der Waals surface area (Å²) in [6.07, 6.45) is -0.333. The van der Waals surface area contributed by atoms with Crippen molar-refractivity contribution in [3.05, 3.63) is 70.3 Å². The summed E-state index contributed by atoms with van der Waals surface area (Å²) < 4.78 is 8.29. The largest absolute Gasteiger partial charge is 0.479 e. The number of nitrogens with zero attached hydrogens (tertiary/aromatic N) is 5. The summed E-state index contributed by atoms with van der Waals surface area (Å²) in [7, 11) is 4.52. The maximum Gasteiger partial charge on any atom is 0.345 e. The number of aromatic nitrogens is 1. The maximum atomic E-state index is 15.2. The van der Waals surface area contributed by atoms with Crippen LogP contribution >= 0.6 is 15.9 Å². The fourth-order valence-corrected chi connectivity index (χ4v) is 9.08. The number of nitrogens with one attached hydrogen (secondary N) is 2. The minimum Gasteiger partial charge on any atom is -0.479 e. The number of likely N-dealkylation sites (N-methyl/N-ethyl adjacent to an activating group) is 3. The van der Waals surface area contributed by atoms with E-state index in [1.807, 2.05) is 123 Å². The standard InChI is InChI=1S/C54H81BrN8O9/c1-32(2)25-41(50(67)60(11)35(7)53(71)72-46(52(69)70)19-16-24-56)58-48(65)45(28-37-31-63(43-18-15-14-17-39(37)43)30-36-20-22-38(55)23-21-36)62(13)51(68)42(26-33(3)4)59-47(64)44(27-34(5)6)61(12)49(66)40(57)29-54(8,9)10/h14-15,17-18,20-23,31-35,40-42,44-46,50,67H,16,19,25-30,57H2,1-13H3,(H,58,65)(H,59,64)(H,69,70)/t35-,40-,41-,42-,44?,45-,46?,50?/m0/s1. The van der Waals surface area contributed by atoms with Crippen molar-refractivity contribution in [3.8, 4) is 6.07 Å². The van der Waals surface area contributed by atoms with Gasteiger partial charge in [0, 0.05) is 61.5 Å². The third-order valence-electron chi connectivity index (χ3n) is 12.8. The van der Waals surface area contributed by atoms with Crippen molar-refractivity contribution in [2.45, 2.75) is 169 Å². The highest BCUT2D eigenvalue weighted by molar-refractivity contribution is 9.10. The van der Waals surface area contributed by atoms with Crippen molar-refractivity contribution in [2.24, 2.45) is 28.9 Å². The molecule has 3 rings (SSSR count). The normalized spacial score (nSPS) is 15.3. The number of aliphatic hydroxyl groups excluding tert-OH is 1. The van der Waals surface area contributed by atoms with Gasteiger partial charge in [0.05, 0.1) is 18.2 Å². The van der Waals surface area contributed by atoms with Gasteiger partial charge in [-0.05, 0) is 92.1 Å². The maximum absolute atomic E-state index is 15.2. The predicted octanol–water partition coefficient (Wildman–Crippen LogP) is 6.46. The molecule has 4 amide bonds. The van der Waals surface area contributed by atoms with Gasteiger partial charge >= 0.3 is 11.9 Å². The summed E-state index contributed by atoms with van der Waals surface area (Å²) in [6.45, 7) is 19.4. The van der Waals surface area contributed by atoms with Crippen molar-refractivity contribution in [1.82, 2.24) is 29.9 Å². The molecule has 0 saturated carbocycles. The van der Waals surface area contributed by atoms with Gasteiger partial charge in [-0.2, -0.15) is 5.26 Å². The molecule has 0 saturated heterocycles. The second-order valence-electron chi connectivity index (χ2n) is 21.7. The van der Waals surface area contributed by atoms with E-state index in [9.17, 15) is 29.4 Å². The number of halogens is 1. The Balaban J connectivity index is 2.13. The number of fused-ring (bicyclic) bond motifs is 1. The lowest BCUT2D eigenvalue weighted by atomic mass is 9.87. The number of carbonyl (C=O) groups excluding carboxylic acids is 5. The Morgan fingerprint density at radius 3 is 1.94 bits per heavy atom. The van der Waals surface area contributed by atoms with Crippen molar-refractivity contribution in [3.63, 3.8) is 0 Å². The molecule has 0 radical (unpaired) electrons. The highest BCUT2D eigenvalue weighted by atomic mass is 79.9. The number of carboxylic acids is 1. The van der Waals surface area contributed by atoms with Crippen LogP contribution in [-0.2, 0) is 46.5 Å². The zero-order chi connectivity index (χ0) is 54.4. The number of aliphatic carboxylic acids is 1. The van der Waals surface area contributed by atoms with E-state index in [4.69, 9.17) is 15.7 Å². The molecular weight excluding hydrogens is 985 g/mol. The van der Waals surface area contributed by atoms with Crippen molar-refractivity contribution >= 4 is 62.4 Å². The molecule has 17 nitrogen and oxygen atoms in total. The number of carboxylic acid groups (broad SMARTS) is 1. The molecule has 72 heavy (non-hydrogen) atoms. The number of carbonyl (C=O) groups is 6. The van der Waals surface area contributed by atoms with Gasteiger partial charge in [-0.25, -0.2) is 4.79 Å². The fraction of sp³-hybridized carbons (Fsp3) is 0.611. The van der Waals surface area contributed by atoms with Gasteiger partial charge in [0.25, 0.3) is 0 Å². The third-order valence-corrected chi connectivity index (χ3v) is 13.3. The van der Waals surface area contributed by atoms with Gasteiger partial charge in [0.2, 0.25) is 23.6 Å². The molecule has 398 valence electrons. The number of nitriles is 1. The molecule has 0 aliphatic rings. The molecule has 2 aromatic carbocycles. The van der Waals surface area contributed by atoms with Crippen molar-refractivity contribution in [1.29, 1.82) is 5.26 Å². The van der Waals surface area contributed by atoms with Crippen molar-refractivity contribution < 1.29 is 43.7 Å². The molecule has 0 fully saturated rings. The van der Waals surface area contributed by atoms with E-state index in [0.717, 1.165) is 26.5 Å². The van der Waals surface area contributed by atoms with E-state index in [1.54, 1.807) is 7.05 Å². The molecule has 6 N–H and O–H groups in total. The number of aliphatic hydroxyl groups is 1. The Labute approximate surface area is 435 Å². The van der Waals surface area contributed by atoms with Gasteiger partial charge in [-0.3, -0.25) is 28.9 Å². The average Bonchev–Trinajstić information content (AvgIpc) is 3.64. The second-order valence-corrected chi connectivity index (χ2v) is 22.6. The summed E-state index contributed by atoms with van der Waals surface area (Å²) in [5.41, 5.74) is 8.86. The van der Waals surface area contributed by atoms with E-state index >= 15 is 9.59 Å². The van der Waals surface area contributed by atoms with E-state index in [-0.39, 0.29) is 61.2 Å². The number of amides is 4. The zero-order valence-electron chi connectivity index (χ0n) is 44.6. The molecule has 0 aliphatic carbocycles. The first-order valence-corrected chi connectivity index (χ1v) is 25.8. The van der Waals surface area contributed by atoms with Gasteiger partial charge in [0.15, 0.2) is 6.10 Å². The Hall–Kier alpha value is -5.35. The Morgan fingerprint density at radius 2 is 1.39 bits per heavy atom. The minimum atomic E-state index is -1.57. The Morgan fingerprint density at radius 1 is 0.819 bits per heavy atom. The second kappa shape index (κ2) is 27.6. The van der Waals surface area contributed by atoms with Gasteiger partial charge < -0.3 is 45.7 Å². The van der Waals surface area contributed by atoms with Crippen LogP contribution in [0.1, 0.15) is 119 Å². The monoisotopic (exact) mass is 1060 g/mol. The van der Waals surface area contributed by atoms with Crippen LogP contribution < -0.4 is 16.4 Å². The average molecular weight is 1070 g/mol. The SMILES string of the molecule is CC(C)CC(C(=O)N[C@@H](CC(C)C)C(=O)N(C)[C@@H](Cc1cn(Cc2ccc(Br)cc2)c2ccccc12)C(=O)N[C@@H](CC(C)C)C(O)N(C)[C@@H](C)C(=O)OC(CCC#N)C(=O)O)N(C)C(=O)[C@@H](N)CC(C)(C)C. The molecule has 0 aliphatic heterocycles. The van der Waals surface area contributed by atoms with Gasteiger partial charge in [-0.1, -0.05) is 109 Å². The molecular formula is C54H81BrN8O9. The van der Waals surface area contributed by atoms with Crippen LogP contribution in [0.2, 0.25) is 0 Å². The molecule has 1 heterocycles. The number of benzene rings is 2. The first kappa shape index (κ1) is 61.0. The Kier molecular flexibility index (Phi) is 23.4. The summed E-state index contributed by atoms with van der Waals surface area (Å²) in [5.74, 6) is -4.62. The summed E-state index contributed by atoms with van der Waals surface area (Å²) in [6, 6.07) is 11.2.